The average molecular weight is 437 g/mol. The van der Waals surface area contributed by atoms with Crippen molar-refractivity contribution in [3.63, 3.8) is 0 Å². The van der Waals surface area contributed by atoms with Crippen LogP contribution in [0.5, 0.6) is 11.5 Å². The van der Waals surface area contributed by atoms with Crippen LogP contribution in [0.25, 0.3) is 0 Å². The van der Waals surface area contributed by atoms with E-state index in [2.05, 4.69) is 73.5 Å². The molecule has 0 saturated carbocycles. The molecular weight excluding hydrogens is 404 g/mol. The van der Waals surface area contributed by atoms with E-state index in [-0.39, 0.29) is 0 Å². The fraction of sp³-hybridized carbons (Fsp3) is 0.423. The molecule has 1 aliphatic carbocycles. The van der Waals surface area contributed by atoms with Crippen molar-refractivity contribution in [2.45, 2.75) is 52.5 Å². The van der Waals surface area contributed by atoms with E-state index in [1.165, 1.54) is 23.1 Å². The van der Waals surface area contributed by atoms with E-state index < -0.39 is 0 Å². The number of nitrogens with zero attached hydrogens (tertiary/aromatic N) is 1. The molecule has 2 aromatic rings. The van der Waals surface area contributed by atoms with Crippen LogP contribution in [0.4, 0.5) is 5.69 Å². The van der Waals surface area contributed by atoms with Crippen molar-refractivity contribution < 1.29 is 9.47 Å². The maximum absolute atomic E-state index is 5.95. The average Bonchev–Trinajstić information content (AvgIpc) is 3.21. The molecule has 1 aliphatic heterocycles. The Bertz CT molecular complexity index is 970. The number of benzene rings is 2. The molecule has 4 rings (SSSR count). The third-order valence-electron chi connectivity index (χ3n) is 6.10. The Morgan fingerprint density at radius 3 is 2.77 bits per heavy atom. The van der Waals surface area contributed by atoms with Crippen LogP contribution >= 0.6 is 12.2 Å². The Hall–Kier alpha value is -2.53. The number of fused-ring (bicyclic) bond motifs is 1. The van der Waals surface area contributed by atoms with E-state index in [9.17, 15) is 0 Å². The molecule has 0 saturated heterocycles. The first-order valence-electron chi connectivity index (χ1n) is 11.2. The second-order valence-corrected chi connectivity index (χ2v) is 9.23. The molecule has 0 radical (unpaired) electrons. The summed E-state index contributed by atoms with van der Waals surface area (Å²) in [6.07, 6.45) is 8.07. The van der Waals surface area contributed by atoms with E-state index in [0.29, 0.717) is 18.6 Å². The van der Waals surface area contributed by atoms with E-state index in [1.54, 1.807) is 0 Å². The number of hydrogen-bond donors (Lipinski definition) is 1. The largest absolute Gasteiger partial charge is 0.454 e. The smallest absolute Gasteiger partial charge is 0.231 e. The number of allylic oxidation sites excluding steroid dienone is 2. The van der Waals surface area contributed by atoms with Gasteiger partial charge in [-0.05, 0) is 85.1 Å². The summed E-state index contributed by atoms with van der Waals surface area (Å²) in [5.74, 6) is 2.67. The summed E-state index contributed by atoms with van der Waals surface area (Å²) in [7, 11) is 0. The molecule has 0 bridgehead atoms. The second-order valence-electron chi connectivity index (χ2n) is 8.84. The van der Waals surface area contributed by atoms with Gasteiger partial charge in [-0.1, -0.05) is 44.2 Å². The molecular formula is C26H32N2O2S. The molecule has 4 nitrogen and oxygen atoms in total. The normalized spacial score (nSPS) is 17.1. The predicted molar refractivity (Wildman–Crippen MR) is 131 cm³/mol. The van der Waals surface area contributed by atoms with Gasteiger partial charge in [0, 0.05) is 18.8 Å². The molecule has 1 N–H and O–H groups in total. The summed E-state index contributed by atoms with van der Waals surface area (Å²) in [6, 6.07) is 12.6. The van der Waals surface area contributed by atoms with Crippen LogP contribution in [0.2, 0.25) is 0 Å². The summed E-state index contributed by atoms with van der Waals surface area (Å²) in [4.78, 5) is 2.31. The maximum Gasteiger partial charge on any atom is 0.231 e. The van der Waals surface area contributed by atoms with Gasteiger partial charge in [0.2, 0.25) is 6.79 Å². The lowest BCUT2D eigenvalue weighted by Crippen LogP contribution is -2.38. The monoisotopic (exact) mass is 436 g/mol. The first-order valence-corrected chi connectivity index (χ1v) is 11.6. The van der Waals surface area contributed by atoms with Crippen molar-refractivity contribution in [1.29, 1.82) is 0 Å². The van der Waals surface area contributed by atoms with Gasteiger partial charge in [-0.2, -0.15) is 0 Å². The van der Waals surface area contributed by atoms with E-state index in [4.69, 9.17) is 21.7 Å². The number of hydrogen-bond acceptors (Lipinski definition) is 3. The van der Waals surface area contributed by atoms with Crippen LogP contribution in [0.3, 0.4) is 0 Å². The summed E-state index contributed by atoms with van der Waals surface area (Å²) in [5.41, 5.74) is 4.91. The van der Waals surface area contributed by atoms with Crippen molar-refractivity contribution >= 4 is 23.0 Å². The number of aryl methyl sites for hydroxylation is 1. The van der Waals surface area contributed by atoms with Gasteiger partial charge in [-0.3, -0.25) is 0 Å². The maximum atomic E-state index is 5.95. The highest BCUT2D eigenvalue weighted by molar-refractivity contribution is 7.80. The molecule has 2 aromatic carbocycles. The van der Waals surface area contributed by atoms with Gasteiger partial charge in [0.25, 0.3) is 0 Å². The molecule has 1 unspecified atom stereocenters. The van der Waals surface area contributed by atoms with Gasteiger partial charge >= 0.3 is 0 Å². The molecule has 1 heterocycles. The first kappa shape index (κ1) is 21.7. The Labute approximate surface area is 191 Å². The minimum Gasteiger partial charge on any atom is -0.454 e. The van der Waals surface area contributed by atoms with Gasteiger partial charge in [-0.15, -0.1) is 0 Å². The van der Waals surface area contributed by atoms with Gasteiger partial charge in [0.05, 0.1) is 0 Å². The zero-order valence-electron chi connectivity index (χ0n) is 18.7. The number of thiocarbonyl (C=S) groups is 1. The minimum atomic E-state index is 0.294. The molecule has 0 amide bonds. The Balaban J connectivity index is 1.55. The molecule has 164 valence electrons. The van der Waals surface area contributed by atoms with Crippen molar-refractivity contribution in [3.05, 3.63) is 65.2 Å². The van der Waals surface area contributed by atoms with Gasteiger partial charge in [0.15, 0.2) is 16.6 Å². The number of anilines is 1. The standard InChI is InChI=1S/C26H32N2O2S/c1-18(2)25-19(3)8-7-11-22(25)27-26(31)28(15-20-9-5-4-6-10-20)16-21-12-13-23-24(14-21)30-17-29-23/h4-5,7-8,11-14,18,20H,6,9-10,15-17H2,1-3H3,(H,27,31). The summed E-state index contributed by atoms with van der Waals surface area (Å²) in [5, 5.41) is 4.36. The SMILES string of the molecule is Cc1cccc(NC(=S)N(Cc2ccc3c(c2)OCO3)CC2CC=CCC2)c1C(C)C. The topological polar surface area (TPSA) is 33.7 Å². The number of rotatable bonds is 6. The minimum absolute atomic E-state index is 0.294. The Morgan fingerprint density at radius 2 is 2.00 bits per heavy atom. The van der Waals surface area contributed by atoms with Crippen molar-refractivity contribution in [2.24, 2.45) is 5.92 Å². The summed E-state index contributed by atoms with van der Waals surface area (Å²) >= 11 is 5.95. The van der Waals surface area contributed by atoms with Crippen LogP contribution in [-0.2, 0) is 6.54 Å². The van der Waals surface area contributed by atoms with Crippen LogP contribution in [0, 0.1) is 12.8 Å². The highest BCUT2D eigenvalue weighted by atomic mass is 32.1. The molecule has 1 atom stereocenters. The van der Waals surface area contributed by atoms with E-state index in [0.717, 1.165) is 48.2 Å². The van der Waals surface area contributed by atoms with Gasteiger partial charge in [-0.25, -0.2) is 0 Å². The van der Waals surface area contributed by atoms with E-state index >= 15 is 0 Å². The van der Waals surface area contributed by atoms with Crippen LogP contribution in [-0.4, -0.2) is 23.4 Å². The first-order chi connectivity index (χ1) is 15.0. The van der Waals surface area contributed by atoms with Crippen LogP contribution in [0.15, 0.2) is 48.6 Å². The highest BCUT2D eigenvalue weighted by Gasteiger charge is 2.21. The fourth-order valence-corrected chi connectivity index (χ4v) is 4.81. The third-order valence-corrected chi connectivity index (χ3v) is 6.46. The highest BCUT2D eigenvalue weighted by Crippen LogP contribution is 2.33. The lowest BCUT2D eigenvalue weighted by atomic mass is 9.94. The van der Waals surface area contributed by atoms with Gasteiger partial charge < -0.3 is 19.7 Å². The number of nitrogens with one attached hydrogen (secondary N) is 1. The summed E-state index contributed by atoms with van der Waals surface area (Å²) in [6.45, 7) is 8.61. The number of ether oxygens (including phenoxy) is 2. The zero-order valence-corrected chi connectivity index (χ0v) is 19.5. The molecule has 31 heavy (non-hydrogen) atoms. The van der Waals surface area contributed by atoms with Crippen LogP contribution in [0.1, 0.15) is 55.7 Å². The van der Waals surface area contributed by atoms with Crippen LogP contribution < -0.4 is 14.8 Å². The zero-order chi connectivity index (χ0) is 21.8. The lowest BCUT2D eigenvalue weighted by Gasteiger charge is -2.31. The van der Waals surface area contributed by atoms with Crippen molar-refractivity contribution in [3.8, 4) is 11.5 Å². The quantitative estimate of drug-likeness (QED) is 0.418. The molecule has 2 aliphatic rings. The second kappa shape index (κ2) is 9.73. The molecule has 5 heteroatoms. The van der Waals surface area contributed by atoms with Crippen molar-refractivity contribution in [1.82, 2.24) is 4.90 Å². The Kier molecular flexibility index (Phi) is 6.81. The Morgan fingerprint density at radius 1 is 1.16 bits per heavy atom. The van der Waals surface area contributed by atoms with Crippen molar-refractivity contribution in [2.75, 3.05) is 18.7 Å². The predicted octanol–water partition coefficient (Wildman–Crippen LogP) is 6.40. The fourth-order valence-electron chi connectivity index (χ4n) is 4.56. The molecule has 0 spiro atoms. The third kappa shape index (κ3) is 5.21. The molecule has 0 fully saturated rings. The van der Waals surface area contributed by atoms with Gasteiger partial charge in [0.1, 0.15) is 0 Å². The lowest BCUT2D eigenvalue weighted by molar-refractivity contribution is 0.174. The summed E-state index contributed by atoms with van der Waals surface area (Å²) < 4.78 is 11.1. The molecule has 0 aromatic heterocycles. The van der Waals surface area contributed by atoms with E-state index in [1.807, 2.05) is 6.07 Å².